The number of nitrogens with one attached hydrogen (secondary N) is 1. The average molecular weight is 425 g/mol. The number of nitrogen functional groups attached to an aromatic ring is 1. The van der Waals surface area contributed by atoms with Crippen LogP contribution in [0.2, 0.25) is 0 Å². The number of hydrogen-bond donors (Lipinski definition) is 2. The highest BCUT2D eigenvalue weighted by Crippen LogP contribution is 2.43. The normalized spacial score (nSPS) is 25.1. The summed E-state index contributed by atoms with van der Waals surface area (Å²) in [4.78, 5) is 52.0. The molecule has 11 nitrogen and oxygen atoms in total. The second kappa shape index (κ2) is 7.26. The predicted molar refractivity (Wildman–Crippen MR) is 103 cm³/mol. The van der Waals surface area contributed by atoms with E-state index in [9.17, 15) is 19.2 Å². The molecule has 1 saturated heterocycles. The summed E-state index contributed by atoms with van der Waals surface area (Å²) >= 11 is 0.716. The topological polar surface area (TPSA) is 160 Å². The van der Waals surface area contributed by atoms with Gasteiger partial charge in [-0.3, -0.25) is 19.4 Å². The Morgan fingerprint density at radius 1 is 1.41 bits per heavy atom. The molecule has 29 heavy (non-hydrogen) atoms. The summed E-state index contributed by atoms with van der Waals surface area (Å²) in [7, 11) is 0. The molecule has 0 aromatic carbocycles. The van der Waals surface area contributed by atoms with Crippen molar-refractivity contribution in [2.45, 2.75) is 57.6 Å². The first-order chi connectivity index (χ1) is 13.7. The zero-order chi connectivity index (χ0) is 20.9. The Labute approximate surface area is 167 Å². The van der Waals surface area contributed by atoms with E-state index in [0.717, 1.165) is 12.8 Å². The molecule has 0 radical (unpaired) electrons. The number of thiazole rings is 1. The van der Waals surface area contributed by atoms with E-state index in [1.54, 1.807) is 0 Å². The summed E-state index contributed by atoms with van der Waals surface area (Å²) in [6.07, 6.45) is -0.651. The van der Waals surface area contributed by atoms with Crippen LogP contribution in [-0.2, 0) is 19.0 Å². The number of esters is 2. The van der Waals surface area contributed by atoms with Crippen LogP contribution in [0.25, 0.3) is 10.3 Å². The number of H-pyrrole nitrogens is 1. The van der Waals surface area contributed by atoms with Gasteiger partial charge in [-0.05, 0) is 18.8 Å². The van der Waals surface area contributed by atoms with Crippen molar-refractivity contribution in [1.82, 2.24) is 14.5 Å². The molecule has 0 amide bonds. The SMILES string of the molecule is CC(=O)OC(C1CC1)[C@@H]1CC(OC(C)=[OH+])[C@H](n2c(=O)sc3c(=O)[nH]c(N)nc32)O1. The van der Waals surface area contributed by atoms with Crippen molar-refractivity contribution in [2.24, 2.45) is 5.92 Å². The molecule has 0 bridgehead atoms. The molecule has 4 N–H and O–H groups in total. The Hall–Kier alpha value is -2.73. The number of fused-ring (bicyclic) bond motifs is 1. The van der Waals surface area contributed by atoms with Gasteiger partial charge in [0.2, 0.25) is 18.3 Å². The molecule has 4 rings (SSSR count). The number of carbonyl (C=O) groups is 1. The first kappa shape index (κ1) is 19.6. The number of hydrogen-bond acceptors (Lipinski definition) is 9. The molecule has 2 fully saturated rings. The molecule has 3 heterocycles. The summed E-state index contributed by atoms with van der Waals surface area (Å²) in [5.74, 6) is -0.676. The number of aromatic amines is 1. The van der Waals surface area contributed by atoms with Gasteiger partial charge in [-0.1, -0.05) is 11.3 Å². The highest BCUT2D eigenvalue weighted by Gasteiger charge is 2.51. The molecule has 2 aliphatic rings. The van der Waals surface area contributed by atoms with Crippen LogP contribution in [-0.4, -0.2) is 49.6 Å². The Morgan fingerprint density at radius 2 is 2.14 bits per heavy atom. The Kier molecular flexibility index (Phi) is 4.90. The summed E-state index contributed by atoms with van der Waals surface area (Å²) < 4.78 is 18.4. The van der Waals surface area contributed by atoms with Gasteiger partial charge in [0.05, 0.1) is 6.92 Å². The molecule has 4 atom stereocenters. The number of ether oxygens (including phenoxy) is 3. The van der Waals surface area contributed by atoms with Crippen molar-refractivity contribution in [3.63, 3.8) is 0 Å². The first-order valence-corrected chi connectivity index (χ1v) is 9.99. The summed E-state index contributed by atoms with van der Waals surface area (Å²) in [5.41, 5.74) is 5.19. The van der Waals surface area contributed by atoms with Crippen molar-refractivity contribution in [1.29, 1.82) is 0 Å². The average Bonchev–Trinajstić information content (AvgIpc) is 3.30. The van der Waals surface area contributed by atoms with E-state index in [1.165, 1.54) is 18.4 Å². The zero-order valence-electron chi connectivity index (χ0n) is 15.8. The maximum Gasteiger partial charge on any atom is 0.479 e. The van der Waals surface area contributed by atoms with Gasteiger partial charge in [0.1, 0.15) is 16.9 Å². The summed E-state index contributed by atoms with van der Waals surface area (Å²) in [6.45, 7) is 2.70. The fraction of sp³-hybridized carbons (Fsp3) is 0.588. The molecule has 2 aromatic rings. The second-order valence-electron chi connectivity index (χ2n) is 7.23. The predicted octanol–water partition coefficient (Wildman–Crippen LogP) is 0.265. The van der Waals surface area contributed by atoms with Crippen LogP contribution in [0.3, 0.4) is 0 Å². The van der Waals surface area contributed by atoms with Crippen LogP contribution < -0.4 is 16.2 Å². The van der Waals surface area contributed by atoms with Crippen molar-refractivity contribution in [2.75, 3.05) is 5.73 Å². The fourth-order valence-corrected chi connectivity index (χ4v) is 4.54. The summed E-state index contributed by atoms with van der Waals surface area (Å²) in [5, 5.41) is 0. The van der Waals surface area contributed by atoms with E-state index in [2.05, 4.69) is 9.97 Å². The number of anilines is 1. The highest BCUT2D eigenvalue weighted by atomic mass is 32.1. The minimum atomic E-state index is -0.978. The molecular weight excluding hydrogens is 404 g/mol. The number of nitrogens with two attached hydrogens (primary N) is 1. The van der Waals surface area contributed by atoms with Crippen LogP contribution in [0.5, 0.6) is 0 Å². The Bertz CT molecular complexity index is 1090. The maximum absolute atomic E-state index is 12.7. The molecule has 0 spiro atoms. The van der Waals surface area contributed by atoms with Crippen LogP contribution >= 0.6 is 11.3 Å². The molecule has 1 aliphatic heterocycles. The molecule has 1 saturated carbocycles. The van der Waals surface area contributed by atoms with Crippen molar-refractivity contribution < 1.29 is 23.8 Å². The van der Waals surface area contributed by atoms with E-state index in [1.807, 2.05) is 0 Å². The monoisotopic (exact) mass is 425 g/mol. The van der Waals surface area contributed by atoms with Crippen LogP contribution in [0, 0.1) is 5.92 Å². The minimum absolute atomic E-state index is 0.0755. The number of nitrogens with zero attached hydrogens (tertiary/aromatic N) is 2. The third kappa shape index (κ3) is 3.77. The van der Waals surface area contributed by atoms with Crippen molar-refractivity contribution >= 4 is 39.6 Å². The minimum Gasteiger partial charge on any atom is -0.459 e. The first-order valence-electron chi connectivity index (χ1n) is 9.17. The van der Waals surface area contributed by atoms with Gasteiger partial charge >= 0.3 is 16.8 Å². The fourth-order valence-electron chi connectivity index (χ4n) is 3.69. The molecular formula is C17H21N4O7S+. The maximum atomic E-state index is 12.7. The van der Waals surface area contributed by atoms with Gasteiger partial charge in [-0.15, -0.1) is 0 Å². The molecule has 156 valence electrons. The number of aromatic nitrogens is 3. The lowest BCUT2D eigenvalue weighted by Gasteiger charge is -2.22. The van der Waals surface area contributed by atoms with E-state index >= 15 is 0 Å². The van der Waals surface area contributed by atoms with Gasteiger partial charge < -0.3 is 24.7 Å². The second-order valence-corrected chi connectivity index (χ2v) is 8.19. The number of carbonyl (C=O) groups excluding carboxylic acids is 2. The lowest BCUT2D eigenvalue weighted by molar-refractivity contribution is -0.158. The third-order valence-electron chi connectivity index (χ3n) is 4.92. The van der Waals surface area contributed by atoms with Gasteiger partial charge in [0.15, 0.2) is 5.65 Å². The Balaban J connectivity index is 1.75. The zero-order valence-corrected chi connectivity index (χ0v) is 16.6. The van der Waals surface area contributed by atoms with Crippen molar-refractivity contribution in [3.05, 3.63) is 20.0 Å². The molecule has 12 heteroatoms. The van der Waals surface area contributed by atoms with Crippen molar-refractivity contribution in [3.8, 4) is 0 Å². The van der Waals surface area contributed by atoms with Crippen LogP contribution in [0.4, 0.5) is 5.95 Å². The lowest BCUT2D eigenvalue weighted by Crippen LogP contribution is -2.33. The lowest BCUT2D eigenvalue weighted by atomic mass is 10.0. The summed E-state index contributed by atoms with van der Waals surface area (Å²) in [6, 6.07) is 0. The number of rotatable bonds is 5. The van der Waals surface area contributed by atoms with E-state index in [4.69, 9.17) is 19.9 Å². The molecule has 2 aromatic heterocycles. The molecule has 2 unspecified atom stereocenters. The third-order valence-corrected chi connectivity index (χ3v) is 5.86. The van der Waals surface area contributed by atoms with Gasteiger partial charge in [-0.25, -0.2) is 4.57 Å². The standard InChI is InChI=1S/C17H20N4O7S/c1-6(22)26-10-5-9(11(8-3-4-8)27-7(2)23)28-15(10)21-13-12(29-17(21)25)14(24)20-16(18)19-13/h8-11,15H,3-5H2,1-2H3,(H3,18,19,20,24)/p+1/t9-,10?,11?,15+/m0/s1. The van der Waals surface area contributed by atoms with Crippen LogP contribution in [0.15, 0.2) is 9.59 Å². The van der Waals surface area contributed by atoms with Gasteiger partial charge in [0, 0.05) is 13.3 Å². The largest absolute Gasteiger partial charge is 0.479 e. The van der Waals surface area contributed by atoms with E-state index in [-0.39, 0.29) is 34.6 Å². The van der Waals surface area contributed by atoms with E-state index < -0.39 is 40.9 Å². The quantitative estimate of drug-likeness (QED) is 0.510. The molecule has 1 aliphatic carbocycles. The van der Waals surface area contributed by atoms with E-state index in [0.29, 0.717) is 11.3 Å². The van der Waals surface area contributed by atoms with Gasteiger partial charge in [-0.2, -0.15) is 4.98 Å². The smallest absolute Gasteiger partial charge is 0.459 e. The Morgan fingerprint density at radius 3 is 2.76 bits per heavy atom. The highest BCUT2D eigenvalue weighted by molar-refractivity contribution is 7.16. The van der Waals surface area contributed by atoms with Crippen LogP contribution in [0.1, 0.15) is 39.3 Å². The van der Waals surface area contributed by atoms with Gasteiger partial charge in [0.25, 0.3) is 5.56 Å².